The Labute approximate surface area is 84.5 Å². The molecule has 1 saturated heterocycles. The van der Waals surface area contributed by atoms with Crippen molar-refractivity contribution in [3.63, 3.8) is 0 Å². The number of hydrogen-bond donors (Lipinski definition) is 1. The van der Waals surface area contributed by atoms with Gasteiger partial charge >= 0.3 is 0 Å². The maximum atomic E-state index is 4.54. The molecule has 0 unspecified atom stereocenters. The number of fused-ring (bicyclic) bond motifs is 1. The number of aromatic nitrogens is 2. The molecule has 1 aliphatic carbocycles. The van der Waals surface area contributed by atoms with Gasteiger partial charge in [0.25, 0.3) is 0 Å². The van der Waals surface area contributed by atoms with E-state index in [2.05, 4.69) is 21.2 Å². The van der Waals surface area contributed by atoms with E-state index in [4.69, 9.17) is 0 Å². The average Bonchev–Trinajstić information content (AvgIpc) is 2.85. The Morgan fingerprint density at radius 2 is 2.29 bits per heavy atom. The van der Waals surface area contributed by atoms with Gasteiger partial charge in [0.2, 0.25) is 0 Å². The van der Waals surface area contributed by atoms with Gasteiger partial charge in [-0.15, -0.1) is 0 Å². The third-order valence-electron chi connectivity index (χ3n) is 3.49. The lowest BCUT2D eigenvalue weighted by molar-refractivity contribution is 0.511. The van der Waals surface area contributed by atoms with Gasteiger partial charge in [-0.05, 0) is 38.6 Å². The van der Waals surface area contributed by atoms with Gasteiger partial charge in [0.05, 0.1) is 12.0 Å². The summed E-state index contributed by atoms with van der Waals surface area (Å²) in [5.74, 6) is 0. The van der Waals surface area contributed by atoms with E-state index in [1.54, 1.807) is 0 Å². The first kappa shape index (κ1) is 8.48. The molecule has 2 heterocycles. The zero-order chi connectivity index (χ0) is 9.38. The minimum atomic E-state index is 0.671. The van der Waals surface area contributed by atoms with Gasteiger partial charge in [-0.3, -0.25) is 0 Å². The lowest BCUT2D eigenvalue weighted by atomic mass is 10.0. The van der Waals surface area contributed by atoms with Crippen molar-refractivity contribution in [2.75, 3.05) is 13.1 Å². The molecular weight excluding hydrogens is 174 g/mol. The fourth-order valence-corrected chi connectivity index (χ4v) is 2.68. The molecule has 3 nitrogen and oxygen atoms in total. The van der Waals surface area contributed by atoms with Gasteiger partial charge in [-0.1, -0.05) is 0 Å². The fourth-order valence-electron chi connectivity index (χ4n) is 2.68. The van der Waals surface area contributed by atoms with Gasteiger partial charge < -0.3 is 9.88 Å². The molecule has 1 aromatic heterocycles. The van der Waals surface area contributed by atoms with Crippen LogP contribution in [0.5, 0.6) is 0 Å². The molecule has 0 saturated carbocycles. The number of hydrogen-bond acceptors (Lipinski definition) is 2. The molecule has 1 atom stereocenters. The van der Waals surface area contributed by atoms with Crippen LogP contribution in [0.15, 0.2) is 6.33 Å². The zero-order valence-electron chi connectivity index (χ0n) is 8.50. The summed E-state index contributed by atoms with van der Waals surface area (Å²) in [6.07, 6.45) is 8.44. The minimum absolute atomic E-state index is 0.671. The summed E-state index contributed by atoms with van der Waals surface area (Å²) in [5.41, 5.74) is 2.88. The molecule has 3 rings (SSSR count). The van der Waals surface area contributed by atoms with E-state index in [9.17, 15) is 0 Å². The van der Waals surface area contributed by atoms with Crippen molar-refractivity contribution in [3.8, 4) is 0 Å². The fraction of sp³-hybridized carbons (Fsp3) is 0.727. The predicted octanol–water partition coefficient (Wildman–Crippen LogP) is 1.30. The van der Waals surface area contributed by atoms with Crippen molar-refractivity contribution in [2.45, 2.75) is 38.1 Å². The maximum Gasteiger partial charge on any atom is 0.0954 e. The van der Waals surface area contributed by atoms with Crippen LogP contribution in [0.3, 0.4) is 0 Å². The molecule has 1 aliphatic heterocycles. The SMILES string of the molecule is c1nc2c(n1[C@@H]1CCNC1)CCCC2. The monoisotopic (exact) mass is 191 g/mol. The van der Waals surface area contributed by atoms with Crippen LogP contribution in [0.2, 0.25) is 0 Å². The number of aryl methyl sites for hydroxylation is 1. The quantitative estimate of drug-likeness (QED) is 0.725. The number of nitrogens with one attached hydrogen (secondary N) is 1. The van der Waals surface area contributed by atoms with Crippen molar-refractivity contribution in [3.05, 3.63) is 17.7 Å². The van der Waals surface area contributed by atoms with Crippen molar-refractivity contribution in [2.24, 2.45) is 0 Å². The third kappa shape index (κ3) is 1.27. The topological polar surface area (TPSA) is 29.9 Å². The van der Waals surface area contributed by atoms with Crippen molar-refractivity contribution < 1.29 is 0 Å². The Hall–Kier alpha value is -0.830. The van der Waals surface area contributed by atoms with Crippen LogP contribution in [0.4, 0.5) is 0 Å². The summed E-state index contributed by atoms with van der Waals surface area (Å²) >= 11 is 0. The first-order chi connectivity index (χ1) is 6.95. The first-order valence-electron chi connectivity index (χ1n) is 5.70. The molecule has 3 heteroatoms. The molecule has 0 amide bonds. The number of imidazole rings is 1. The third-order valence-corrected chi connectivity index (χ3v) is 3.49. The Balaban J connectivity index is 1.93. The van der Waals surface area contributed by atoms with E-state index < -0.39 is 0 Å². The second-order valence-electron chi connectivity index (χ2n) is 4.40. The van der Waals surface area contributed by atoms with Crippen LogP contribution < -0.4 is 5.32 Å². The molecule has 0 bridgehead atoms. The van der Waals surface area contributed by atoms with E-state index in [-0.39, 0.29) is 0 Å². The molecule has 1 N–H and O–H groups in total. The highest BCUT2D eigenvalue weighted by Gasteiger charge is 2.22. The zero-order valence-corrected chi connectivity index (χ0v) is 8.50. The molecular formula is C11H17N3. The van der Waals surface area contributed by atoms with Gasteiger partial charge in [-0.2, -0.15) is 0 Å². The maximum absolute atomic E-state index is 4.54. The highest BCUT2D eigenvalue weighted by atomic mass is 15.1. The standard InChI is InChI=1S/C11H17N3/c1-2-4-11-10(3-1)13-8-14(11)9-5-6-12-7-9/h8-9,12H,1-7H2/t9-/m1/s1. The van der Waals surface area contributed by atoms with E-state index in [1.165, 1.54) is 43.5 Å². The van der Waals surface area contributed by atoms with Crippen LogP contribution in [-0.2, 0) is 12.8 Å². The lowest BCUT2D eigenvalue weighted by Gasteiger charge is -2.18. The summed E-state index contributed by atoms with van der Waals surface area (Å²) in [6.45, 7) is 2.29. The minimum Gasteiger partial charge on any atom is -0.330 e. The lowest BCUT2D eigenvalue weighted by Crippen LogP contribution is -2.16. The average molecular weight is 191 g/mol. The normalized spacial score (nSPS) is 26.4. The molecule has 2 aliphatic rings. The second kappa shape index (κ2) is 3.39. The van der Waals surface area contributed by atoms with Crippen LogP contribution in [-0.4, -0.2) is 22.6 Å². The Kier molecular flexibility index (Phi) is 2.05. The molecule has 1 aromatic rings. The first-order valence-corrected chi connectivity index (χ1v) is 5.70. The Bertz CT molecular complexity index is 323. The van der Waals surface area contributed by atoms with Crippen molar-refractivity contribution >= 4 is 0 Å². The van der Waals surface area contributed by atoms with Gasteiger partial charge in [0.15, 0.2) is 0 Å². The Morgan fingerprint density at radius 1 is 1.36 bits per heavy atom. The van der Waals surface area contributed by atoms with Crippen LogP contribution in [0.25, 0.3) is 0 Å². The second-order valence-corrected chi connectivity index (χ2v) is 4.40. The van der Waals surface area contributed by atoms with Crippen LogP contribution in [0, 0.1) is 0 Å². The number of rotatable bonds is 1. The summed E-state index contributed by atoms with van der Waals surface area (Å²) in [4.78, 5) is 4.54. The van der Waals surface area contributed by atoms with Crippen LogP contribution >= 0.6 is 0 Å². The van der Waals surface area contributed by atoms with Gasteiger partial charge in [0.1, 0.15) is 0 Å². The predicted molar refractivity (Wildman–Crippen MR) is 55.4 cm³/mol. The van der Waals surface area contributed by atoms with E-state index in [1.807, 2.05) is 0 Å². The smallest absolute Gasteiger partial charge is 0.0954 e. The van der Waals surface area contributed by atoms with E-state index >= 15 is 0 Å². The molecule has 0 radical (unpaired) electrons. The highest BCUT2D eigenvalue weighted by molar-refractivity contribution is 5.17. The largest absolute Gasteiger partial charge is 0.330 e. The highest BCUT2D eigenvalue weighted by Crippen LogP contribution is 2.25. The molecule has 1 fully saturated rings. The summed E-state index contributed by atoms with van der Waals surface area (Å²) in [6, 6.07) is 0.671. The van der Waals surface area contributed by atoms with Crippen molar-refractivity contribution in [1.82, 2.24) is 14.9 Å². The molecule has 76 valence electrons. The molecule has 14 heavy (non-hydrogen) atoms. The summed E-state index contributed by atoms with van der Waals surface area (Å²) in [5, 5.41) is 3.42. The summed E-state index contributed by atoms with van der Waals surface area (Å²) < 4.78 is 2.43. The van der Waals surface area contributed by atoms with Crippen LogP contribution in [0.1, 0.15) is 36.7 Å². The Morgan fingerprint density at radius 3 is 3.14 bits per heavy atom. The number of nitrogens with zero attached hydrogens (tertiary/aromatic N) is 2. The van der Waals surface area contributed by atoms with E-state index in [0.29, 0.717) is 6.04 Å². The molecule has 0 aromatic carbocycles. The molecule has 0 spiro atoms. The van der Waals surface area contributed by atoms with Gasteiger partial charge in [0, 0.05) is 18.3 Å². The van der Waals surface area contributed by atoms with Crippen molar-refractivity contribution in [1.29, 1.82) is 0 Å². The van der Waals surface area contributed by atoms with E-state index in [0.717, 1.165) is 13.1 Å². The summed E-state index contributed by atoms with van der Waals surface area (Å²) in [7, 11) is 0. The van der Waals surface area contributed by atoms with Gasteiger partial charge in [-0.25, -0.2) is 4.98 Å².